The molecule has 1 N–H and O–H groups in total. The topological polar surface area (TPSA) is 34.2 Å². The summed E-state index contributed by atoms with van der Waals surface area (Å²) in [5.74, 6) is 0. The van der Waals surface area contributed by atoms with Crippen molar-refractivity contribution in [3.63, 3.8) is 0 Å². The van der Waals surface area contributed by atoms with Gasteiger partial charge >= 0.3 is 0 Å². The summed E-state index contributed by atoms with van der Waals surface area (Å²) in [7, 11) is 0. The fraction of sp³-hybridized carbons (Fsp3) is 0.750. The third-order valence-corrected chi connectivity index (χ3v) is 3.85. The molecule has 0 radical (unpaired) electrons. The predicted molar refractivity (Wildman–Crippen MR) is 66.6 cm³/mol. The summed E-state index contributed by atoms with van der Waals surface area (Å²) in [6, 6.07) is 0.522. The molecule has 3 nitrogen and oxygen atoms in total. The first-order chi connectivity index (χ1) is 7.65. The Hall–Kier alpha value is -0.450. The summed E-state index contributed by atoms with van der Waals surface area (Å²) < 4.78 is 5.81. The van der Waals surface area contributed by atoms with Crippen LogP contribution < -0.4 is 5.32 Å². The van der Waals surface area contributed by atoms with Crippen molar-refractivity contribution in [2.75, 3.05) is 0 Å². The molecular weight excluding hydrogens is 220 g/mol. The Labute approximate surface area is 101 Å². The SMILES string of the molecule is CC(C)NCc1cnc(C2CCC(C)O2)s1. The second-order valence-electron chi connectivity index (χ2n) is 4.71. The minimum absolute atomic E-state index is 0.243. The van der Waals surface area contributed by atoms with E-state index in [0.717, 1.165) is 24.4 Å². The van der Waals surface area contributed by atoms with Crippen molar-refractivity contribution in [2.24, 2.45) is 0 Å². The number of aromatic nitrogens is 1. The van der Waals surface area contributed by atoms with Crippen LogP contribution in [-0.2, 0) is 11.3 Å². The molecule has 16 heavy (non-hydrogen) atoms. The molecular formula is C12H20N2OS. The van der Waals surface area contributed by atoms with Gasteiger partial charge in [-0.05, 0) is 19.8 Å². The molecule has 0 aliphatic carbocycles. The number of nitrogens with one attached hydrogen (secondary N) is 1. The molecule has 2 unspecified atom stereocenters. The van der Waals surface area contributed by atoms with Gasteiger partial charge in [0.25, 0.3) is 0 Å². The lowest BCUT2D eigenvalue weighted by atomic mass is 10.2. The fourth-order valence-electron chi connectivity index (χ4n) is 1.84. The van der Waals surface area contributed by atoms with Gasteiger partial charge < -0.3 is 10.1 Å². The zero-order valence-corrected chi connectivity index (χ0v) is 11.0. The first-order valence-electron chi connectivity index (χ1n) is 5.98. The second kappa shape index (κ2) is 5.25. The van der Waals surface area contributed by atoms with Gasteiger partial charge in [0.15, 0.2) is 0 Å². The molecule has 0 amide bonds. The van der Waals surface area contributed by atoms with E-state index in [1.54, 1.807) is 11.3 Å². The van der Waals surface area contributed by atoms with Gasteiger partial charge in [-0.2, -0.15) is 0 Å². The normalized spacial score (nSPS) is 25.5. The Kier molecular flexibility index (Phi) is 3.95. The number of ether oxygens (including phenoxy) is 1. The minimum atomic E-state index is 0.243. The molecule has 1 aromatic rings. The summed E-state index contributed by atoms with van der Waals surface area (Å²) in [4.78, 5) is 5.76. The van der Waals surface area contributed by atoms with Crippen LogP contribution in [0.25, 0.3) is 0 Å². The zero-order chi connectivity index (χ0) is 11.5. The van der Waals surface area contributed by atoms with Crippen molar-refractivity contribution in [1.29, 1.82) is 0 Å². The number of thiazole rings is 1. The Morgan fingerprint density at radius 3 is 3.00 bits per heavy atom. The molecule has 0 bridgehead atoms. The van der Waals surface area contributed by atoms with Crippen molar-refractivity contribution in [2.45, 2.75) is 58.4 Å². The fourth-order valence-corrected chi connectivity index (χ4v) is 2.78. The summed E-state index contributed by atoms with van der Waals surface area (Å²) in [5.41, 5.74) is 0. The maximum absolute atomic E-state index is 5.81. The molecule has 90 valence electrons. The van der Waals surface area contributed by atoms with E-state index in [2.05, 4.69) is 31.1 Å². The summed E-state index contributed by atoms with van der Waals surface area (Å²) in [6.07, 6.45) is 4.89. The van der Waals surface area contributed by atoms with Gasteiger partial charge in [0.05, 0.1) is 6.10 Å². The van der Waals surface area contributed by atoms with Crippen LogP contribution in [0.15, 0.2) is 6.20 Å². The Morgan fingerprint density at radius 2 is 2.38 bits per heavy atom. The summed E-state index contributed by atoms with van der Waals surface area (Å²) >= 11 is 1.78. The maximum atomic E-state index is 5.81. The van der Waals surface area contributed by atoms with E-state index in [4.69, 9.17) is 4.74 Å². The highest BCUT2D eigenvalue weighted by Gasteiger charge is 2.25. The lowest BCUT2D eigenvalue weighted by molar-refractivity contribution is 0.0554. The Bertz CT molecular complexity index is 338. The molecule has 2 atom stereocenters. The van der Waals surface area contributed by atoms with Crippen molar-refractivity contribution in [3.05, 3.63) is 16.1 Å². The standard InChI is InChI=1S/C12H20N2OS/c1-8(2)13-6-10-7-14-12(16-10)11-5-4-9(3)15-11/h7-9,11,13H,4-6H2,1-3H3. The van der Waals surface area contributed by atoms with Gasteiger partial charge in [0, 0.05) is 23.7 Å². The zero-order valence-electron chi connectivity index (χ0n) is 10.2. The first kappa shape index (κ1) is 12.0. The quantitative estimate of drug-likeness (QED) is 0.878. The molecule has 4 heteroatoms. The van der Waals surface area contributed by atoms with Gasteiger partial charge in [-0.15, -0.1) is 11.3 Å². The number of hydrogen-bond acceptors (Lipinski definition) is 4. The highest BCUT2D eigenvalue weighted by Crippen LogP contribution is 2.34. The molecule has 0 spiro atoms. The van der Waals surface area contributed by atoms with Crippen molar-refractivity contribution in [1.82, 2.24) is 10.3 Å². The molecule has 1 saturated heterocycles. The van der Waals surface area contributed by atoms with Crippen molar-refractivity contribution >= 4 is 11.3 Å². The monoisotopic (exact) mass is 240 g/mol. The number of hydrogen-bond donors (Lipinski definition) is 1. The van der Waals surface area contributed by atoms with E-state index in [9.17, 15) is 0 Å². The van der Waals surface area contributed by atoms with E-state index < -0.39 is 0 Å². The highest BCUT2D eigenvalue weighted by molar-refractivity contribution is 7.11. The molecule has 1 aliphatic rings. The Balaban J connectivity index is 1.91. The van der Waals surface area contributed by atoms with Gasteiger partial charge in [0.1, 0.15) is 11.1 Å². The third kappa shape index (κ3) is 3.03. The average Bonchev–Trinajstić information content (AvgIpc) is 2.83. The van der Waals surface area contributed by atoms with Crippen LogP contribution in [-0.4, -0.2) is 17.1 Å². The van der Waals surface area contributed by atoms with Gasteiger partial charge in [-0.25, -0.2) is 4.98 Å². The van der Waals surface area contributed by atoms with E-state index in [-0.39, 0.29) is 6.10 Å². The highest BCUT2D eigenvalue weighted by atomic mass is 32.1. The van der Waals surface area contributed by atoms with Crippen LogP contribution in [0, 0.1) is 0 Å². The maximum Gasteiger partial charge on any atom is 0.122 e. The van der Waals surface area contributed by atoms with E-state index in [0.29, 0.717) is 12.1 Å². The summed E-state index contributed by atoms with van der Waals surface area (Å²) in [5, 5.41) is 4.55. The average molecular weight is 240 g/mol. The lowest BCUT2D eigenvalue weighted by Crippen LogP contribution is -2.21. The van der Waals surface area contributed by atoms with E-state index in [1.165, 1.54) is 4.88 Å². The molecule has 0 aromatic carbocycles. The molecule has 1 fully saturated rings. The largest absolute Gasteiger partial charge is 0.368 e. The van der Waals surface area contributed by atoms with E-state index in [1.807, 2.05) is 6.20 Å². The van der Waals surface area contributed by atoms with Gasteiger partial charge in [-0.3, -0.25) is 0 Å². The molecule has 1 aromatic heterocycles. The first-order valence-corrected chi connectivity index (χ1v) is 6.80. The third-order valence-electron chi connectivity index (χ3n) is 2.76. The summed E-state index contributed by atoms with van der Waals surface area (Å²) in [6.45, 7) is 7.36. The van der Waals surface area contributed by atoms with Crippen LogP contribution >= 0.6 is 11.3 Å². The van der Waals surface area contributed by atoms with Gasteiger partial charge in [-0.1, -0.05) is 13.8 Å². The molecule has 2 heterocycles. The van der Waals surface area contributed by atoms with Gasteiger partial charge in [0.2, 0.25) is 0 Å². The van der Waals surface area contributed by atoms with E-state index >= 15 is 0 Å². The minimum Gasteiger partial charge on any atom is -0.368 e. The van der Waals surface area contributed by atoms with Crippen molar-refractivity contribution in [3.8, 4) is 0 Å². The van der Waals surface area contributed by atoms with Crippen LogP contribution in [0.1, 0.15) is 49.6 Å². The van der Waals surface area contributed by atoms with Crippen LogP contribution in [0.5, 0.6) is 0 Å². The number of nitrogens with zero attached hydrogens (tertiary/aromatic N) is 1. The lowest BCUT2D eigenvalue weighted by Gasteiger charge is -2.07. The van der Waals surface area contributed by atoms with Crippen LogP contribution in [0.4, 0.5) is 0 Å². The molecule has 0 saturated carbocycles. The smallest absolute Gasteiger partial charge is 0.122 e. The Morgan fingerprint density at radius 1 is 1.56 bits per heavy atom. The van der Waals surface area contributed by atoms with Crippen molar-refractivity contribution < 1.29 is 4.74 Å². The van der Waals surface area contributed by atoms with Crippen LogP contribution in [0.2, 0.25) is 0 Å². The number of rotatable bonds is 4. The predicted octanol–water partition coefficient (Wildman–Crippen LogP) is 2.88. The molecule has 2 rings (SSSR count). The second-order valence-corrected chi connectivity index (χ2v) is 5.86. The molecule has 1 aliphatic heterocycles. The van der Waals surface area contributed by atoms with Crippen LogP contribution in [0.3, 0.4) is 0 Å².